The molecule has 2 aromatic carbocycles. The highest BCUT2D eigenvalue weighted by molar-refractivity contribution is 7.89. The highest BCUT2D eigenvalue weighted by atomic mass is 32.2. The van der Waals surface area contributed by atoms with E-state index in [0.717, 1.165) is 12.0 Å². The van der Waals surface area contributed by atoms with Crippen LogP contribution in [0.25, 0.3) is 0 Å². The molecule has 0 saturated carbocycles. The largest absolute Gasteiger partial charge is 0.356 e. The van der Waals surface area contributed by atoms with E-state index < -0.39 is 15.6 Å². The molecule has 0 saturated heterocycles. The molecule has 6 heteroatoms. The molecule has 2 rings (SSSR count). The molecule has 0 aliphatic heterocycles. The van der Waals surface area contributed by atoms with E-state index in [4.69, 9.17) is 0 Å². The molecule has 1 amide bonds. The molecule has 146 valence electrons. The Labute approximate surface area is 162 Å². The van der Waals surface area contributed by atoms with Crippen molar-refractivity contribution in [2.75, 3.05) is 6.54 Å². The predicted molar refractivity (Wildman–Crippen MR) is 108 cm³/mol. The topological polar surface area (TPSA) is 75.3 Å². The highest BCUT2D eigenvalue weighted by Crippen LogP contribution is 2.14. The zero-order chi connectivity index (χ0) is 19.9. The minimum Gasteiger partial charge on any atom is -0.356 e. The van der Waals surface area contributed by atoms with E-state index in [-0.39, 0.29) is 10.8 Å². The average molecular weight is 389 g/mol. The van der Waals surface area contributed by atoms with Crippen LogP contribution < -0.4 is 10.0 Å². The van der Waals surface area contributed by atoms with Crippen LogP contribution in [0.5, 0.6) is 0 Å². The van der Waals surface area contributed by atoms with Crippen LogP contribution in [0.1, 0.15) is 38.3 Å². The zero-order valence-corrected chi connectivity index (χ0v) is 17.0. The zero-order valence-electron chi connectivity index (χ0n) is 16.2. The molecule has 0 fully saturated rings. The Kier molecular flexibility index (Phi) is 7.16. The van der Waals surface area contributed by atoms with Crippen LogP contribution >= 0.6 is 0 Å². The third-order valence-electron chi connectivity index (χ3n) is 3.89. The van der Waals surface area contributed by atoms with Crippen molar-refractivity contribution in [3.63, 3.8) is 0 Å². The lowest BCUT2D eigenvalue weighted by Gasteiger charge is -2.20. The average Bonchev–Trinajstić information content (AvgIpc) is 2.59. The van der Waals surface area contributed by atoms with E-state index in [1.165, 1.54) is 5.56 Å². The molecule has 5 nitrogen and oxygen atoms in total. The molecule has 27 heavy (non-hydrogen) atoms. The maximum Gasteiger partial charge on any atom is 0.241 e. The first kappa shape index (κ1) is 21.1. The van der Waals surface area contributed by atoms with Gasteiger partial charge in [-0.15, -0.1) is 0 Å². The Morgan fingerprint density at radius 2 is 1.48 bits per heavy atom. The van der Waals surface area contributed by atoms with Gasteiger partial charge in [-0.3, -0.25) is 4.79 Å². The van der Waals surface area contributed by atoms with E-state index in [9.17, 15) is 13.2 Å². The Morgan fingerprint density at radius 1 is 0.889 bits per heavy atom. The van der Waals surface area contributed by atoms with Gasteiger partial charge in [0.2, 0.25) is 15.9 Å². The first-order chi connectivity index (χ1) is 12.7. The Hall–Kier alpha value is -2.18. The fourth-order valence-electron chi connectivity index (χ4n) is 2.63. The van der Waals surface area contributed by atoms with Gasteiger partial charge in [0.25, 0.3) is 0 Å². The molecule has 2 N–H and O–H groups in total. The van der Waals surface area contributed by atoms with Crippen LogP contribution in [-0.4, -0.2) is 26.4 Å². The van der Waals surface area contributed by atoms with Crippen molar-refractivity contribution >= 4 is 15.9 Å². The molecule has 0 unspecified atom stereocenters. The molecule has 0 atom stereocenters. The van der Waals surface area contributed by atoms with Crippen molar-refractivity contribution in [3.05, 3.63) is 65.7 Å². The van der Waals surface area contributed by atoms with Crippen molar-refractivity contribution in [1.29, 1.82) is 0 Å². The number of aryl methyl sites for hydroxylation is 1. The van der Waals surface area contributed by atoms with Crippen LogP contribution in [0.15, 0.2) is 59.5 Å². The van der Waals surface area contributed by atoms with Crippen LogP contribution in [0.3, 0.4) is 0 Å². The van der Waals surface area contributed by atoms with Crippen LogP contribution in [0.4, 0.5) is 0 Å². The minimum absolute atomic E-state index is 0.00275. The summed E-state index contributed by atoms with van der Waals surface area (Å²) in [6.07, 6.45) is 1.76. The summed E-state index contributed by atoms with van der Waals surface area (Å²) in [6, 6.07) is 16.7. The first-order valence-electron chi connectivity index (χ1n) is 9.09. The number of benzene rings is 2. The second-order valence-electron chi connectivity index (χ2n) is 7.59. The molecule has 0 radical (unpaired) electrons. The lowest BCUT2D eigenvalue weighted by molar-refractivity contribution is -0.121. The van der Waals surface area contributed by atoms with Gasteiger partial charge in [0.1, 0.15) is 0 Å². The molecule has 0 bridgehead atoms. The third-order valence-corrected chi connectivity index (χ3v) is 5.67. The summed E-state index contributed by atoms with van der Waals surface area (Å²) in [6.45, 7) is 6.01. The van der Waals surface area contributed by atoms with Gasteiger partial charge in [-0.2, -0.15) is 0 Å². The molecule has 0 aliphatic rings. The number of rotatable bonds is 8. The van der Waals surface area contributed by atoms with E-state index in [1.807, 2.05) is 30.3 Å². The van der Waals surface area contributed by atoms with E-state index >= 15 is 0 Å². The van der Waals surface area contributed by atoms with Gasteiger partial charge in [-0.25, -0.2) is 13.1 Å². The lowest BCUT2D eigenvalue weighted by atomic mass is 10.1. The lowest BCUT2D eigenvalue weighted by Crippen LogP contribution is -2.40. The Morgan fingerprint density at radius 3 is 2.07 bits per heavy atom. The summed E-state index contributed by atoms with van der Waals surface area (Å²) in [5.41, 5.74) is 1.59. The van der Waals surface area contributed by atoms with Gasteiger partial charge in [0.15, 0.2) is 0 Å². The molecule has 0 heterocycles. The SMILES string of the molecule is CC(C)(C)NS(=O)(=O)c1ccc(CCC(=O)NCCc2ccccc2)cc1. The maximum atomic E-state index is 12.3. The fraction of sp³-hybridized carbons (Fsp3) is 0.381. The quantitative estimate of drug-likeness (QED) is 0.730. The molecule has 2 aromatic rings. The van der Waals surface area contributed by atoms with Crippen molar-refractivity contribution in [1.82, 2.24) is 10.0 Å². The summed E-state index contributed by atoms with van der Waals surface area (Å²) in [4.78, 5) is 12.2. The van der Waals surface area contributed by atoms with Crippen molar-refractivity contribution < 1.29 is 13.2 Å². The minimum atomic E-state index is -3.53. The predicted octanol–water partition coefficient (Wildman–Crippen LogP) is 3.05. The number of hydrogen-bond donors (Lipinski definition) is 2. The summed E-state index contributed by atoms with van der Waals surface area (Å²) in [7, 11) is -3.53. The van der Waals surface area contributed by atoms with Crippen molar-refractivity contribution in [2.24, 2.45) is 0 Å². The van der Waals surface area contributed by atoms with E-state index in [1.54, 1.807) is 45.0 Å². The number of sulfonamides is 1. The third kappa shape index (κ3) is 7.53. The van der Waals surface area contributed by atoms with E-state index in [0.29, 0.717) is 19.4 Å². The molecule has 0 spiro atoms. The Bertz CT molecular complexity index is 839. The maximum absolute atomic E-state index is 12.3. The van der Waals surface area contributed by atoms with Crippen molar-refractivity contribution in [2.45, 2.75) is 50.5 Å². The standard InChI is InChI=1S/C21H28N2O3S/c1-21(2,3)23-27(25,26)19-12-9-18(10-13-19)11-14-20(24)22-16-15-17-7-5-4-6-8-17/h4-10,12-13,23H,11,14-16H2,1-3H3,(H,22,24). The number of carbonyl (C=O) groups excluding carboxylic acids is 1. The molecule has 0 aliphatic carbocycles. The number of hydrogen-bond acceptors (Lipinski definition) is 3. The first-order valence-corrected chi connectivity index (χ1v) is 10.6. The van der Waals surface area contributed by atoms with Gasteiger partial charge >= 0.3 is 0 Å². The smallest absolute Gasteiger partial charge is 0.241 e. The summed E-state index contributed by atoms with van der Waals surface area (Å²) >= 11 is 0. The van der Waals surface area contributed by atoms with Gasteiger partial charge in [0, 0.05) is 18.5 Å². The summed E-state index contributed by atoms with van der Waals surface area (Å²) in [5, 5.41) is 2.92. The monoisotopic (exact) mass is 388 g/mol. The van der Waals surface area contributed by atoms with Crippen molar-refractivity contribution in [3.8, 4) is 0 Å². The number of nitrogens with one attached hydrogen (secondary N) is 2. The second-order valence-corrected chi connectivity index (χ2v) is 9.27. The second kappa shape index (κ2) is 9.15. The number of amides is 1. The fourth-order valence-corrected chi connectivity index (χ4v) is 4.05. The Balaban J connectivity index is 1.80. The van der Waals surface area contributed by atoms with E-state index in [2.05, 4.69) is 10.0 Å². The van der Waals surface area contributed by atoms with Gasteiger partial charge < -0.3 is 5.32 Å². The summed E-state index contributed by atoms with van der Waals surface area (Å²) in [5.74, 6) is -0.00275. The highest BCUT2D eigenvalue weighted by Gasteiger charge is 2.21. The van der Waals surface area contributed by atoms with Crippen LogP contribution in [-0.2, 0) is 27.7 Å². The van der Waals surface area contributed by atoms with Gasteiger partial charge in [-0.05, 0) is 56.9 Å². The molecule has 0 aromatic heterocycles. The molecular formula is C21H28N2O3S. The van der Waals surface area contributed by atoms with Gasteiger partial charge in [0.05, 0.1) is 4.90 Å². The van der Waals surface area contributed by atoms with Crippen LogP contribution in [0.2, 0.25) is 0 Å². The summed E-state index contributed by atoms with van der Waals surface area (Å²) < 4.78 is 27.2. The van der Waals surface area contributed by atoms with Crippen LogP contribution in [0, 0.1) is 0 Å². The normalized spacial score (nSPS) is 12.0. The number of carbonyl (C=O) groups is 1. The van der Waals surface area contributed by atoms with Gasteiger partial charge in [-0.1, -0.05) is 42.5 Å². The molecular weight excluding hydrogens is 360 g/mol.